The average molecular weight is 401 g/mol. The number of rotatable bonds is 8. The molecule has 0 radical (unpaired) electrons. The molecule has 1 amide bonds. The SMILES string of the molecule is CCC1Oc2ccc([N+](=O)[O-])nc2N(CC(=O)OCCOc2ccccc2)C1=O. The van der Waals surface area contributed by atoms with Crippen molar-refractivity contribution in [3.63, 3.8) is 0 Å². The van der Waals surface area contributed by atoms with Gasteiger partial charge in [0, 0.05) is 6.07 Å². The molecule has 2 heterocycles. The van der Waals surface area contributed by atoms with Crippen molar-refractivity contribution < 1.29 is 28.7 Å². The second-order valence-corrected chi connectivity index (χ2v) is 6.07. The van der Waals surface area contributed by atoms with Gasteiger partial charge >= 0.3 is 11.8 Å². The van der Waals surface area contributed by atoms with Crippen LogP contribution in [0.1, 0.15) is 13.3 Å². The molecule has 0 spiro atoms. The number of ether oxygens (including phenoxy) is 3. The number of hydrogen-bond acceptors (Lipinski definition) is 8. The Morgan fingerprint density at radius 2 is 2.00 bits per heavy atom. The van der Waals surface area contributed by atoms with Gasteiger partial charge in [-0.25, -0.2) is 0 Å². The summed E-state index contributed by atoms with van der Waals surface area (Å²) in [4.78, 5) is 40.1. The normalized spacial score (nSPS) is 15.3. The fourth-order valence-corrected chi connectivity index (χ4v) is 2.71. The molecule has 0 bridgehead atoms. The maximum Gasteiger partial charge on any atom is 0.366 e. The standard InChI is InChI=1S/C19H19N3O7/c1-2-14-19(24)21(18-15(29-14)8-9-16(20-18)22(25)26)12-17(23)28-11-10-27-13-6-4-3-5-7-13/h3-9,14H,2,10-12H2,1H3. The molecular weight excluding hydrogens is 382 g/mol. The highest BCUT2D eigenvalue weighted by atomic mass is 16.6. The van der Waals surface area contributed by atoms with E-state index < -0.39 is 35.3 Å². The van der Waals surface area contributed by atoms with Gasteiger partial charge in [-0.05, 0) is 34.5 Å². The summed E-state index contributed by atoms with van der Waals surface area (Å²) < 4.78 is 16.1. The predicted molar refractivity (Wildman–Crippen MR) is 101 cm³/mol. The zero-order valence-electron chi connectivity index (χ0n) is 15.6. The van der Waals surface area contributed by atoms with Crippen LogP contribution >= 0.6 is 0 Å². The summed E-state index contributed by atoms with van der Waals surface area (Å²) in [7, 11) is 0. The number of hydrogen-bond donors (Lipinski definition) is 0. The molecule has 1 atom stereocenters. The monoisotopic (exact) mass is 401 g/mol. The van der Waals surface area contributed by atoms with Crippen LogP contribution in [0.3, 0.4) is 0 Å². The quantitative estimate of drug-likeness (QED) is 0.285. The number of pyridine rings is 1. The second kappa shape index (κ2) is 9.00. The van der Waals surface area contributed by atoms with Crippen molar-refractivity contribution in [1.82, 2.24) is 4.98 Å². The number of carbonyl (C=O) groups excluding carboxylic acids is 2. The molecule has 3 rings (SSSR count). The van der Waals surface area contributed by atoms with Crippen LogP contribution in [-0.4, -0.2) is 47.6 Å². The Morgan fingerprint density at radius 3 is 2.69 bits per heavy atom. The number of amides is 1. The van der Waals surface area contributed by atoms with Crippen LogP contribution in [0.15, 0.2) is 42.5 Å². The molecule has 0 saturated heterocycles. The summed E-state index contributed by atoms with van der Waals surface area (Å²) in [5, 5.41) is 11.0. The number of fused-ring (bicyclic) bond motifs is 1. The van der Waals surface area contributed by atoms with Crippen LogP contribution in [0.25, 0.3) is 0 Å². The fourth-order valence-electron chi connectivity index (χ4n) is 2.71. The molecule has 0 N–H and O–H groups in total. The molecule has 10 nitrogen and oxygen atoms in total. The highest BCUT2D eigenvalue weighted by Crippen LogP contribution is 2.34. The van der Waals surface area contributed by atoms with Gasteiger partial charge in [-0.15, -0.1) is 0 Å². The molecule has 152 valence electrons. The van der Waals surface area contributed by atoms with Gasteiger partial charge in [0.05, 0.1) is 0 Å². The van der Waals surface area contributed by atoms with Crippen LogP contribution in [0.4, 0.5) is 11.6 Å². The van der Waals surface area contributed by atoms with Gasteiger partial charge in [0.15, 0.2) is 11.9 Å². The summed E-state index contributed by atoms with van der Waals surface area (Å²) in [6, 6.07) is 11.6. The highest BCUT2D eigenvalue weighted by Gasteiger charge is 2.39. The van der Waals surface area contributed by atoms with Gasteiger partial charge in [-0.2, -0.15) is 0 Å². The van der Waals surface area contributed by atoms with Crippen molar-refractivity contribution in [2.24, 2.45) is 0 Å². The Balaban J connectivity index is 1.65. The van der Waals surface area contributed by atoms with E-state index in [-0.39, 0.29) is 24.8 Å². The lowest BCUT2D eigenvalue weighted by Crippen LogP contribution is -2.48. The molecule has 1 unspecified atom stereocenters. The van der Waals surface area contributed by atoms with E-state index in [2.05, 4.69) is 4.98 Å². The van der Waals surface area contributed by atoms with E-state index in [4.69, 9.17) is 14.2 Å². The minimum atomic E-state index is -0.806. The summed E-state index contributed by atoms with van der Waals surface area (Å²) in [6.07, 6.45) is -0.439. The number of benzene rings is 1. The largest absolute Gasteiger partial charge is 0.490 e. The van der Waals surface area contributed by atoms with Gasteiger partial charge in [-0.3, -0.25) is 14.5 Å². The molecule has 1 aliphatic heterocycles. The molecule has 2 aromatic rings. The lowest BCUT2D eigenvalue weighted by molar-refractivity contribution is -0.389. The Hall–Kier alpha value is -3.69. The number of nitrogens with zero attached hydrogens (tertiary/aromatic N) is 3. The van der Waals surface area contributed by atoms with Crippen LogP contribution in [-0.2, 0) is 14.3 Å². The third-order valence-corrected chi connectivity index (χ3v) is 4.09. The van der Waals surface area contributed by atoms with E-state index in [0.29, 0.717) is 12.2 Å². The first-order valence-corrected chi connectivity index (χ1v) is 8.96. The Kier molecular flexibility index (Phi) is 6.22. The van der Waals surface area contributed by atoms with Crippen LogP contribution < -0.4 is 14.4 Å². The van der Waals surface area contributed by atoms with Crippen molar-refractivity contribution in [2.75, 3.05) is 24.7 Å². The van der Waals surface area contributed by atoms with E-state index >= 15 is 0 Å². The number of para-hydroxylation sites is 1. The van der Waals surface area contributed by atoms with Crippen molar-refractivity contribution in [3.05, 3.63) is 52.6 Å². The average Bonchev–Trinajstić information content (AvgIpc) is 2.73. The van der Waals surface area contributed by atoms with E-state index in [0.717, 1.165) is 4.90 Å². The summed E-state index contributed by atoms with van der Waals surface area (Å²) in [5.74, 6) is -0.891. The molecular formula is C19H19N3O7. The molecule has 29 heavy (non-hydrogen) atoms. The van der Waals surface area contributed by atoms with Crippen LogP contribution in [0, 0.1) is 10.1 Å². The highest BCUT2D eigenvalue weighted by molar-refractivity contribution is 6.02. The van der Waals surface area contributed by atoms with Crippen molar-refractivity contribution in [3.8, 4) is 11.5 Å². The molecule has 10 heteroatoms. The number of anilines is 1. The van der Waals surface area contributed by atoms with E-state index in [1.165, 1.54) is 12.1 Å². The van der Waals surface area contributed by atoms with Gasteiger partial charge < -0.3 is 24.3 Å². The van der Waals surface area contributed by atoms with Gasteiger partial charge in [0.2, 0.25) is 0 Å². The molecule has 1 aromatic carbocycles. The Morgan fingerprint density at radius 1 is 1.24 bits per heavy atom. The first-order chi connectivity index (χ1) is 14.0. The molecule has 0 saturated carbocycles. The van der Waals surface area contributed by atoms with Crippen LogP contribution in [0.5, 0.6) is 11.5 Å². The minimum absolute atomic E-state index is 0.0152. The first kappa shape index (κ1) is 20.1. The molecule has 0 aliphatic carbocycles. The number of carbonyl (C=O) groups is 2. The zero-order chi connectivity index (χ0) is 20.8. The Labute approximate surface area is 166 Å². The van der Waals surface area contributed by atoms with Gasteiger partial charge in [0.25, 0.3) is 11.7 Å². The minimum Gasteiger partial charge on any atom is -0.490 e. The lowest BCUT2D eigenvalue weighted by atomic mass is 10.2. The maximum absolute atomic E-state index is 12.6. The van der Waals surface area contributed by atoms with Crippen molar-refractivity contribution >= 4 is 23.5 Å². The predicted octanol–water partition coefficient (Wildman–Crippen LogP) is 2.12. The number of aromatic nitrogens is 1. The van der Waals surface area contributed by atoms with Crippen LogP contribution in [0.2, 0.25) is 0 Å². The van der Waals surface area contributed by atoms with Crippen molar-refractivity contribution in [2.45, 2.75) is 19.4 Å². The third kappa shape index (κ3) is 4.78. The lowest BCUT2D eigenvalue weighted by Gasteiger charge is -2.29. The third-order valence-electron chi connectivity index (χ3n) is 4.09. The zero-order valence-corrected chi connectivity index (χ0v) is 15.6. The number of nitro groups is 1. The molecule has 1 aromatic heterocycles. The number of esters is 1. The maximum atomic E-state index is 12.6. The van der Waals surface area contributed by atoms with E-state index in [1.807, 2.05) is 18.2 Å². The fraction of sp³-hybridized carbons (Fsp3) is 0.316. The van der Waals surface area contributed by atoms with Crippen molar-refractivity contribution in [1.29, 1.82) is 0 Å². The van der Waals surface area contributed by atoms with Gasteiger partial charge in [-0.1, -0.05) is 25.1 Å². The first-order valence-electron chi connectivity index (χ1n) is 8.96. The summed E-state index contributed by atoms with van der Waals surface area (Å²) in [5.41, 5.74) is 0. The molecule has 1 aliphatic rings. The summed E-state index contributed by atoms with van der Waals surface area (Å²) in [6.45, 7) is 1.44. The van der Waals surface area contributed by atoms with E-state index in [1.54, 1.807) is 19.1 Å². The smallest absolute Gasteiger partial charge is 0.366 e. The van der Waals surface area contributed by atoms with Gasteiger partial charge in [0.1, 0.15) is 25.5 Å². The summed E-state index contributed by atoms with van der Waals surface area (Å²) >= 11 is 0. The van der Waals surface area contributed by atoms with E-state index in [9.17, 15) is 19.7 Å². The topological polar surface area (TPSA) is 121 Å². The molecule has 0 fully saturated rings. The second-order valence-electron chi connectivity index (χ2n) is 6.07. The Bertz CT molecular complexity index is 904.